The van der Waals surface area contributed by atoms with Crippen LogP contribution in [0.1, 0.15) is 31.9 Å². The molecule has 0 radical (unpaired) electrons. The van der Waals surface area contributed by atoms with E-state index in [1.54, 1.807) is 0 Å². The van der Waals surface area contributed by atoms with E-state index in [9.17, 15) is 18.3 Å². The third-order valence-corrected chi connectivity index (χ3v) is 2.27. The van der Waals surface area contributed by atoms with Crippen molar-refractivity contribution in [3.8, 4) is 5.75 Å². The molecule has 1 atom stereocenters. The van der Waals surface area contributed by atoms with Crippen molar-refractivity contribution in [2.45, 2.75) is 26.3 Å². The summed E-state index contributed by atoms with van der Waals surface area (Å²) in [6.07, 6.45) is 0.371. The van der Waals surface area contributed by atoms with Gasteiger partial charge in [-0.15, -0.1) is 12.4 Å². The number of aromatic hydroxyl groups is 1. The maximum absolute atomic E-state index is 13.4. The first-order valence-corrected chi connectivity index (χ1v) is 4.96. The molecule has 17 heavy (non-hydrogen) atoms. The molecule has 98 valence electrons. The predicted molar refractivity (Wildman–Crippen MR) is 61.6 cm³/mol. The van der Waals surface area contributed by atoms with Gasteiger partial charge in [-0.25, -0.2) is 13.2 Å². The molecule has 0 aromatic heterocycles. The van der Waals surface area contributed by atoms with Gasteiger partial charge in [-0.1, -0.05) is 13.8 Å². The van der Waals surface area contributed by atoms with Gasteiger partial charge in [0.25, 0.3) is 0 Å². The summed E-state index contributed by atoms with van der Waals surface area (Å²) in [7, 11) is 0. The molecule has 0 unspecified atom stereocenters. The lowest BCUT2D eigenvalue weighted by Gasteiger charge is -2.17. The standard InChI is InChI=1S/C11H14F3NO.ClH/c1-5(2)3-7(15)9-8(16)4-6(12)10(13)11(9)14;/h4-5,7,16H,3,15H2,1-2H3;1H/t7-;/m1./s1. The van der Waals surface area contributed by atoms with E-state index in [2.05, 4.69) is 0 Å². The highest BCUT2D eigenvalue weighted by Crippen LogP contribution is 2.32. The molecule has 0 heterocycles. The predicted octanol–water partition coefficient (Wildman–Crippen LogP) is 3.28. The van der Waals surface area contributed by atoms with Crippen LogP contribution in [0.15, 0.2) is 6.07 Å². The van der Waals surface area contributed by atoms with Gasteiger partial charge in [-0.2, -0.15) is 0 Å². The van der Waals surface area contributed by atoms with Crippen LogP contribution in [-0.4, -0.2) is 5.11 Å². The molecule has 3 N–H and O–H groups in total. The third kappa shape index (κ3) is 3.51. The number of phenolic OH excluding ortho intramolecular Hbond substituents is 1. The Morgan fingerprint density at radius 1 is 1.24 bits per heavy atom. The average Bonchev–Trinajstić information content (AvgIpc) is 2.13. The first-order chi connectivity index (χ1) is 7.34. The van der Waals surface area contributed by atoms with Gasteiger partial charge in [-0.3, -0.25) is 0 Å². The quantitative estimate of drug-likeness (QED) is 0.827. The Balaban J connectivity index is 0.00000256. The van der Waals surface area contributed by atoms with Gasteiger partial charge < -0.3 is 10.8 Å². The molecule has 1 aromatic carbocycles. The molecule has 0 saturated heterocycles. The molecular weight excluding hydrogens is 255 g/mol. The van der Waals surface area contributed by atoms with E-state index in [0.717, 1.165) is 0 Å². The SMILES string of the molecule is CC(C)C[C@@H](N)c1c(O)cc(F)c(F)c1F.Cl. The van der Waals surface area contributed by atoms with Gasteiger partial charge in [0, 0.05) is 17.7 Å². The third-order valence-electron chi connectivity index (χ3n) is 2.27. The van der Waals surface area contributed by atoms with Crippen LogP contribution < -0.4 is 5.73 Å². The van der Waals surface area contributed by atoms with Gasteiger partial charge >= 0.3 is 0 Å². The Morgan fingerprint density at radius 3 is 2.24 bits per heavy atom. The van der Waals surface area contributed by atoms with Gasteiger partial charge in [0.15, 0.2) is 17.5 Å². The van der Waals surface area contributed by atoms with Crippen LogP contribution in [0.4, 0.5) is 13.2 Å². The number of phenols is 1. The summed E-state index contributed by atoms with van der Waals surface area (Å²) in [5.74, 6) is -4.93. The topological polar surface area (TPSA) is 46.2 Å². The zero-order chi connectivity index (χ0) is 12.5. The van der Waals surface area contributed by atoms with E-state index in [-0.39, 0.29) is 23.9 Å². The number of rotatable bonds is 3. The summed E-state index contributed by atoms with van der Waals surface area (Å²) < 4.78 is 39.1. The van der Waals surface area contributed by atoms with Crippen molar-refractivity contribution in [2.24, 2.45) is 11.7 Å². The lowest BCUT2D eigenvalue weighted by molar-refractivity contribution is 0.390. The van der Waals surface area contributed by atoms with E-state index in [1.807, 2.05) is 13.8 Å². The maximum atomic E-state index is 13.4. The van der Waals surface area contributed by atoms with E-state index >= 15 is 0 Å². The number of hydrogen-bond acceptors (Lipinski definition) is 2. The summed E-state index contributed by atoms with van der Waals surface area (Å²) in [6, 6.07) is -0.316. The monoisotopic (exact) mass is 269 g/mol. The lowest BCUT2D eigenvalue weighted by atomic mass is 9.96. The molecule has 2 nitrogen and oxygen atoms in total. The molecule has 0 fully saturated rings. The fraction of sp³-hybridized carbons (Fsp3) is 0.455. The van der Waals surface area contributed by atoms with Gasteiger partial charge in [-0.05, 0) is 12.3 Å². The Bertz CT molecular complexity index is 399. The van der Waals surface area contributed by atoms with Crippen molar-refractivity contribution in [1.82, 2.24) is 0 Å². The molecule has 0 aliphatic carbocycles. The van der Waals surface area contributed by atoms with E-state index in [1.165, 1.54) is 0 Å². The van der Waals surface area contributed by atoms with E-state index in [0.29, 0.717) is 12.5 Å². The summed E-state index contributed by atoms with van der Waals surface area (Å²) in [5, 5.41) is 9.35. The number of halogens is 4. The van der Waals surface area contributed by atoms with Crippen molar-refractivity contribution in [3.05, 3.63) is 29.1 Å². The Morgan fingerprint density at radius 2 is 1.76 bits per heavy atom. The normalized spacial score (nSPS) is 12.4. The lowest BCUT2D eigenvalue weighted by Crippen LogP contribution is -2.16. The second-order valence-corrected chi connectivity index (χ2v) is 4.16. The van der Waals surface area contributed by atoms with E-state index < -0.39 is 29.2 Å². The molecule has 0 bridgehead atoms. The minimum Gasteiger partial charge on any atom is -0.507 e. The molecular formula is C11H15ClF3NO. The molecule has 0 spiro atoms. The smallest absolute Gasteiger partial charge is 0.195 e. The zero-order valence-corrected chi connectivity index (χ0v) is 10.3. The average molecular weight is 270 g/mol. The van der Waals surface area contributed by atoms with Crippen LogP contribution >= 0.6 is 12.4 Å². The van der Waals surface area contributed by atoms with E-state index in [4.69, 9.17) is 5.73 Å². The zero-order valence-electron chi connectivity index (χ0n) is 9.51. The largest absolute Gasteiger partial charge is 0.507 e. The van der Waals surface area contributed by atoms with Crippen molar-refractivity contribution < 1.29 is 18.3 Å². The minimum absolute atomic E-state index is 0. The molecule has 0 aliphatic heterocycles. The molecule has 1 rings (SSSR count). The minimum atomic E-state index is -1.60. The first kappa shape index (κ1) is 16.1. The number of hydrogen-bond donors (Lipinski definition) is 2. The van der Waals surface area contributed by atoms with Crippen molar-refractivity contribution in [2.75, 3.05) is 0 Å². The van der Waals surface area contributed by atoms with Crippen molar-refractivity contribution in [1.29, 1.82) is 0 Å². The van der Waals surface area contributed by atoms with Gasteiger partial charge in [0.1, 0.15) is 5.75 Å². The second-order valence-electron chi connectivity index (χ2n) is 4.16. The highest BCUT2D eigenvalue weighted by Gasteiger charge is 2.23. The summed E-state index contributed by atoms with van der Waals surface area (Å²) in [4.78, 5) is 0. The van der Waals surface area contributed by atoms with Crippen LogP contribution in [0.5, 0.6) is 5.75 Å². The highest BCUT2D eigenvalue weighted by molar-refractivity contribution is 5.85. The second kappa shape index (κ2) is 6.12. The summed E-state index contributed by atoms with van der Waals surface area (Å²) in [6.45, 7) is 3.71. The summed E-state index contributed by atoms with van der Waals surface area (Å²) >= 11 is 0. The molecule has 0 amide bonds. The highest BCUT2D eigenvalue weighted by atomic mass is 35.5. The maximum Gasteiger partial charge on any atom is 0.195 e. The van der Waals surface area contributed by atoms with Crippen LogP contribution in [0, 0.1) is 23.4 Å². The van der Waals surface area contributed by atoms with Gasteiger partial charge in [0.2, 0.25) is 0 Å². The van der Waals surface area contributed by atoms with Crippen LogP contribution in [0.3, 0.4) is 0 Å². The van der Waals surface area contributed by atoms with Crippen molar-refractivity contribution in [3.63, 3.8) is 0 Å². The van der Waals surface area contributed by atoms with Crippen LogP contribution in [0.2, 0.25) is 0 Å². The van der Waals surface area contributed by atoms with Crippen LogP contribution in [-0.2, 0) is 0 Å². The fourth-order valence-corrected chi connectivity index (χ4v) is 1.58. The Kier molecular flexibility index (Phi) is 5.78. The van der Waals surface area contributed by atoms with Gasteiger partial charge in [0.05, 0.1) is 0 Å². The molecule has 6 heteroatoms. The molecule has 0 saturated carbocycles. The van der Waals surface area contributed by atoms with Crippen molar-refractivity contribution >= 4 is 12.4 Å². The number of benzene rings is 1. The summed E-state index contributed by atoms with van der Waals surface area (Å²) in [5.41, 5.74) is 5.26. The molecule has 1 aromatic rings. The van der Waals surface area contributed by atoms with Crippen LogP contribution in [0.25, 0.3) is 0 Å². The Labute approximate surface area is 104 Å². The molecule has 0 aliphatic rings. The fourth-order valence-electron chi connectivity index (χ4n) is 1.58. The Hall–Kier alpha value is -0.940. The first-order valence-electron chi connectivity index (χ1n) is 4.96. The number of nitrogens with two attached hydrogens (primary N) is 1.